The number of amides is 3. The quantitative estimate of drug-likeness (QED) is 0.275. The molecule has 10 nitrogen and oxygen atoms in total. The Hall–Kier alpha value is -3.92. The van der Waals surface area contributed by atoms with Crippen LogP contribution in [0.25, 0.3) is 11.0 Å². The topological polar surface area (TPSA) is 145 Å². The SMILES string of the molecule is CC(C)C[C@H](NC(=O)OC(C)(C)C)C(=O)N[C@@H](Cc1ccccc1)[C@@H](O)C(=O)Nc1nc2ccccc2[nH]1. The second-order valence-corrected chi connectivity index (χ2v) is 10.7. The van der Waals surface area contributed by atoms with Crippen molar-refractivity contribution in [3.05, 3.63) is 60.2 Å². The number of carbonyl (C=O) groups is 3. The summed E-state index contributed by atoms with van der Waals surface area (Å²) in [4.78, 5) is 46.1. The Kier molecular flexibility index (Phi) is 9.46. The van der Waals surface area contributed by atoms with E-state index in [1.807, 2.05) is 62.4 Å². The van der Waals surface area contributed by atoms with Crippen molar-refractivity contribution in [1.29, 1.82) is 0 Å². The summed E-state index contributed by atoms with van der Waals surface area (Å²) in [6.07, 6.45) is -1.80. The van der Waals surface area contributed by atoms with Gasteiger partial charge < -0.3 is 25.5 Å². The van der Waals surface area contributed by atoms with Gasteiger partial charge in [0, 0.05) is 0 Å². The molecule has 2 aromatic carbocycles. The third-order valence-electron chi connectivity index (χ3n) is 5.62. The number of fused-ring (bicyclic) bond motifs is 1. The molecule has 1 heterocycles. The van der Waals surface area contributed by atoms with Crippen molar-refractivity contribution in [2.45, 2.75) is 71.2 Å². The van der Waals surface area contributed by atoms with E-state index in [-0.39, 0.29) is 18.3 Å². The number of nitrogens with zero attached hydrogens (tertiary/aromatic N) is 1. The second-order valence-electron chi connectivity index (χ2n) is 10.7. The normalized spacial score (nSPS) is 14.0. The van der Waals surface area contributed by atoms with Crippen molar-refractivity contribution in [1.82, 2.24) is 20.6 Å². The van der Waals surface area contributed by atoms with E-state index in [1.54, 1.807) is 26.8 Å². The maximum absolute atomic E-state index is 13.3. The Morgan fingerprint density at radius 1 is 0.974 bits per heavy atom. The van der Waals surface area contributed by atoms with Crippen LogP contribution in [-0.4, -0.2) is 56.8 Å². The van der Waals surface area contributed by atoms with Gasteiger partial charge in [-0.15, -0.1) is 0 Å². The lowest BCUT2D eigenvalue weighted by Crippen LogP contribution is -2.56. The average molecular weight is 524 g/mol. The van der Waals surface area contributed by atoms with E-state index in [4.69, 9.17) is 4.74 Å². The van der Waals surface area contributed by atoms with Gasteiger partial charge in [0.25, 0.3) is 5.91 Å². The van der Waals surface area contributed by atoms with Gasteiger partial charge in [-0.2, -0.15) is 0 Å². The summed E-state index contributed by atoms with van der Waals surface area (Å²) in [7, 11) is 0. The van der Waals surface area contributed by atoms with Gasteiger partial charge in [-0.05, 0) is 57.2 Å². The highest BCUT2D eigenvalue weighted by molar-refractivity contribution is 5.95. The zero-order valence-corrected chi connectivity index (χ0v) is 22.4. The van der Waals surface area contributed by atoms with E-state index in [0.717, 1.165) is 11.1 Å². The largest absolute Gasteiger partial charge is 0.444 e. The maximum atomic E-state index is 13.3. The van der Waals surface area contributed by atoms with Crippen molar-refractivity contribution in [3.8, 4) is 0 Å². The molecule has 204 valence electrons. The molecular weight excluding hydrogens is 486 g/mol. The van der Waals surface area contributed by atoms with Gasteiger partial charge in [-0.25, -0.2) is 9.78 Å². The minimum absolute atomic E-state index is 0.0783. The molecule has 3 atom stereocenters. The summed E-state index contributed by atoms with van der Waals surface area (Å²) in [5.41, 5.74) is 1.48. The summed E-state index contributed by atoms with van der Waals surface area (Å²) in [5, 5.41) is 19.0. The second kappa shape index (κ2) is 12.6. The van der Waals surface area contributed by atoms with Gasteiger partial charge in [0.15, 0.2) is 6.10 Å². The molecule has 0 saturated heterocycles. The van der Waals surface area contributed by atoms with Crippen LogP contribution >= 0.6 is 0 Å². The third-order valence-corrected chi connectivity index (χ3v) is 5.62. The molecule has 3 rings (SSSR count). The number of hydrogen-bond acceptors (Lipinski definition) is 6. The molecule has 0 spiro atoms. The van der Waals surface area contributed by atoms with Gasteiger partial charge in [0.1, 0.15) is 11.6 Å². The summed E-state index contributed by atoms with van der Waals surface area (Å²) < 4.78 is 5.32. The molecule has 0 bridgehead atoms. The van der Waals surface area contributed by atoms with E-state index in [9.17, 15) is 19.5 Å². The molecule has 0 radical (unpaired) electrons. The molecule has 0 aliphatic rings. The third kappa shape index (κ3) is 8.58. The number of hydrogen-bond donors (Lipinski definition) is 5. The van der Waals surface area contributed by atoms with E-state index in [2.05, 4.69) is 25.9 Å². The first kappa shape index (κ1) is 28.6. The fraction of sp³-hybridized carbons (Fsp3) is 0.429. The number of aliphatic hydroxyl groups is 1. The van der Waals surface area contributed by atoms with E-state index < -0.39 is 41.7 Å². The molecule has 0 saturated carbocycles. The van der Waals surface area contributed by atoms with Crippen molar-refractivity contribution in [2.75, 3.05) is 5.32 Å². The number of alkyl carbamates (subject to hydrolysis) is 1. The van der Waals surface area contributed by atoms with E-state index >= 15 is 0 Å². The number of aromatic nitrogens is 2. The number of ether oxygens (including phenoxy) is 1. The summed E-state index contributed by atoms with van der Waals surface area (Å²) in [6.45, 7) is 9.05. The smallest absolute Gasteiger partial charge is 0.408 e. The molecule has 3 aromatic rings. The lowest BCUT2D eigenvalue weighted by Gasteiger charge is -2.28. The first-order chi connectivity index (χ1) is 17.9. The number of aliphatic hydroxyl groups excluding tert-OH is 1. The highest BCUT2D eigenvalue weighted by Crippen LogP contribution is 2.15. The molecule has 10 heteroatoms. The van der Waals surface area contributed by atoms with Gasteiger partial charge in [-0.3, -0.25) is 14.9 Å². The Labute approximate surface area is 222 Å². The molecule has 0 aliphatic carbocycles. The fourth-order valence-corrected chi connectivity index (χ4v) is 3.93. The van der Waals surface area contributed by atoms with Crippen molar-refractivity contribution < 1.29 is 24.2 Å². The van der Waals surface area contributed by atoms with Gasteiger partial charge >= 0.3 is 6.09 Å². The van der Waals surface area contributed by atoms with Crippen LogP contribution in [0.15, 0.2) is 54.6 Å². The van der Waals surface area contributed by atoms with Crippen LogP contribution in [-0.2, 0) is 20.7 Å². The van der Waals surface area contributed by atoms with Crippen LogP contribution in [0.4, 0.5) is 10.7 Å². The molecular formula is C28H37N5O5. The first-order valence-electron chi connectivity index (χ1n) is 12.7. The molecule has 0 unspecified atom stereocenters. The van der Waals surface area contributed by atoms with Crippen molar-refractivity contribution >= 4 is 34.9 Å². The van der Waals surface area contributed by atoms with Gasteiger partial charge in [0.2, 0.25) is 11.9 Å². The molecule has 5 N–H and O–H groups in total. The standard InChI is InChI=1S/C28H37N5O5/c1-17(2)15-22(32-27(37)38-28(3,4)5)24(35)29-21(16-18-11-7-6-8-12-18)23(34)25(36)33-26-30-19-13-9-10-14-20(19)31-26/h6-14,17,21-23,34H,15-16H2,1-5H3,(H,29,35)(H,32,37)(H2,30,31,33,36)/t21-,22-,23+/m0/s1. The molecule has 3 amide bonds. The van der Waals surface area contributed by atoms with Crippen LogP contribution in [0.5, 0.6) is 0 Å². The van der Waals surface area contributed by atoms with Gasteiger partial charge in [-0.1, -0.05) is 56.3 Å². The predicted octanol–water partition coefficient (Wildman–Crippen LogP) is 3.53. The van der Waals surface area contributed by atoms with Crippen molar-refractivity contribution in [3.63, 3.8) is 0 Å². The Balaban J connectivity index is 1.78. The van der Waals surface area contributed by atoms with Crippen molar-refractivity contribution in [2.24, 2.45) is 5.92 Å². The van der Waals surface area contributed by atoms with E-state index in [1.165, 1.54) is 0 Å². The number of para-hydroxylation sites is 2. The monoisotopic (exact) mass is 523 g/mol. The zero-order valence-electron chi connectivity index (χ0n) is 22.4. The molecule has 0 aliphatic heterocycles. The Bertz CT molecular complexity index is 1200. The lowest BCUT2D eigenvalue weighted by atomic mass is 9.98. The van der Waals surface area contributed by atoms with E-state index in [0.29, 0.717) is 11.9 Å². The highest BCUT2D eigenvalue weighted by atomic mass is 16.6. The fourth-order valence-electron chi connectivity index (χ4n) is 3.93. The first-order valence-corrected chi connectivity index (χ1v) is 12.7. The Morgan fingerprint density at radius 3 is 2.26 bits per heavy atom. The van der Waals surface area contributed by atoms with Crippen LogP contribution in [0.3, 0.4) is 0 Å². The van der Waals surface area contributed by atoms with Crippen LogP contribution in [0.2, 0.25) is 0 Å². The number of imidazole rings is 1. The predicted molar refractivity (Wildman–Crippen MR) is 145 cm³/mol. The van der Waals surface area contributed by atoms with Gasteiger partial charge in [0.05, 0.1) is 17.1 Å². The summed E-state index contributed by atoms with van der Waals surface area (Å²) in [5.74, 6) is -0.995. The number of H-pyrrole nitrogens is 1. The van der Waals surface area contributed by atoms with Crippen LogP contribution < -0.4 is 16.0 Å². The lowest BCUT2D eigenvalue weighted by molar-refractivity contribution is -0.129. The Morgan fingerprint density at radius 2 is 1.63 bits per heavy atom. The number of anilines is 1. The number of benzene rings is 2. The summed E-state index contributed by atoms with van der Waals surface area (Å²) in [6, 6.07) is 14.6. The van der Waals surface area contributed by atoms with Crippen LogP contribution in [0.1, 0.15) is 46.6 Å². The molecule has 1 aromatic heterocycles. The maximum Gasteiger partial charge on any atom is 0.408 e. The number of aromatic amines is 1. The molecule has 0 fully saturated rings. The number of nitrogens with one attached hydrogen (secondary N) is 4. The summed E-state index contributed by atoms with van der Waals surface area (Å²) >= 11 is 0. The number of rotatable bonds is 10. The number of carbonyl (C=O) groups excluding carboxylic acids is 3. The molecule has 38 heavy (non-hydrogen) atoms. The van der Waals surface area contributed by atoms with Crippen LogP contribution in [0, 0.1) is 5.92 Å². The average Bonchev–Trinajstić information content (AvgIpc) is 3.24. The minimum Gasteiger partial charge on any atom is -0.444 e. The highest BCUT2D eigenvalue weighted by Gasteiger charge is 2.32. The zero-order chi connectivity index (χ0) is 27.9. The minimum atomic E-state index is -1.60.